The molecule has 1 aromatic rings. The van der Waals surface area contributed by atoms with E-state index in [2.05, 4.69) is 13.8 Å². The molecule has 16 heavy (non-hydrogen) atoms. The van der Waals surface area contributed by atoms with Gasteiger partial charge >= 0.3 is 0 Å². The Morgan fingerprint density at radius 2 is 2.19 bits per heavy atom. The van der Waals surface area contributed by atoms with Gasteiger partial charge in [-0.2, -0.15) is 0 Å². The first-order chi connectivity index (χ1) is 7.58. The van der Waals surface area contributed by atoms with Crippen molar-refractivity contribution in [2.24, 2.45) is 5.92 Å². The first kappa shape index (κ1) is 11.5. The maximum atomic E-state index is 12.1. The molecule has 4 heteroatoms. The van der Waals surface area contributed by atoms with Crippen LogP contribution in [0.1, 0.15) is 37.2 Å². The molecule has 3 nitrogen and oxygen atoms in total. The highest BCUT2D eigenvalue weighted by Crippen LogP contribution is 2.24. The molecule has 0 aromatic carbocycles. The van der Waals surface area contributed by atoms with Crippen LogP contribution in [0.3, 0.4) is 0 Å². The molecule has 0 spiro atoms. The molecule has 0 aliphatic carbocycles. The number of carbonyl (C=O) groups is 1. The number of rotatable bonds is 1. The Kier molecular flexibility index (Phi) is 3.24. The predicted molar refractivity (Wildman–Crippen MR) is 62.6 cm³/mol. The molecular formula is C12H16ClNO2. The van der Waals surface area contributed by atoms with E-state index in [-0.39, 0.29) is 17.2 Å². The molecule has 0 saturated carbocycles. The van der Waals surface area contributed by atoms with Crippen LogP contribution in [0, 0.1) is 5.92 Å². The maximum Gasteiger partial charge on any atom is 0.289 e. The minimum atomic E-state index is -0.0500. The Labute approximate surface area is 100 Å². The van der Waals surface area contributed by atoms with Crippen LogP contribution in [-0.2, 0) is 0 Å². The van der Waals surface area contributed by atoms with Crippen LogP contribution in [0.25, 0.3) is 0 Å². The molecule has 1 fully saturated rings. The van der Waals surface area contributed by atoms with E-state index in [1.807, 2.05) is 4.90 Å². The Morgan fingerprint density at radius 1 is 1.44 bits per heavy atom. The first-order valence-corrected chi connectivity index (χ1v) is 6.02. The summed E-state index contributed by atoms with van der Waals surface area (Å²) in [5.74, 6) is 0.850. The summed E-state index contributed by atoms with van der Waals surface area (Å²) < 4.78 is 5.16. The fraction of sp³-hybridized carbons (Fsp3) is 0.583. The largest absolute Gasteiger partial charge is 0.440 e. The van der Waals surface area contributed by atoms with Crippen LogP contribution in [0.5, 0.6) is 0 Å². The number of furan rings is 1. The van der Waals surface area contributed by atoms with Crippen LogP contribution >= 0.6 is 11.6 Å². The smallest absolute Gasteiger partial charge is 0.289 e. The Balaban J connectivity index is 2.14. The van der Waals surface area contributed by atoms with Gasteiger partial charge in [0.1, 0.15) is 0 Å². The maximum absolute atomic E-state index is 12.1. The zero-order valence-corrected chi connectivity index (χ0v) is 10.3. The fourth-order valence-corrected chi connectivity index (χ4v) is 2.29. The number of piperidine rings is 1. The van der Waals surface area contributed by atoms with Gasteiger partial charge in [0.15, 0.2) is 11.0 Å². The third-order valence-electron chi connectivity index (χ3n) is 3.16. The summed E-state index contributed by atoms with van der Waals surface area (Å²) in [6.07, 6.45) is 2.24. The lowest BCUT2D eigenvalue weighted by molar-refractivity contribution is 0.0542. The summed E-state index contributed by atoms with van der Waals surface area (Å²) >= 11 is 5.67. The average Bonchev–Trinajstić information content (AvgIpc) is 2.67. The lowest BCUT2D eigenvalue weighted by Gasteiger charge is -2.36. The zero-order valence-electron chi connectivity index (χ0n) is 9.57. The quantitative estimate of drug-likeness (QED) is 0.757. The molecule has 1 amide bonds. The van der Waals surface area contributed by atoms with Crippen LogP contribution in [-0.4, -0.2) is 23.4 Å². The second kappa shape index (κ2) is 4.50. The van der Waals surface area contributed by atoms with E-state index in [1.54, 1.807) is 12.1 Å². The van der Waals surface area contributed by atoms with Gasteiger partial charge in [0.2, 0.25) is 0 Å². The third-order valence-corrected chi connectivity index (χ3v) is 3.37. The van der Waals surface area contributed by atoms with Gasteiger partial charge in [0.05, 0.1) is 0 Å². The van der Waals surface area contributed by atoms with E-state index in [4.69, 9.17) is 16.0 Å². The van der Waals surface area contributed by atoms with Crippen LogP contribution in [0.4, 0.5) is 0 Å². The van der Waals surface area contributed by atoms with Crippen molar-refractivity contribution in [2.45, 2.75) is 32.7 Å². The van der Waals surface area contributed by atoms with Crippen molar-refractivity contribution in [3.05, 3.63) is 23.1 Å². The summed E-state index contributed by atoms with van der Waals surface area (Å²) in [7, 11) is 0. The highest BCUT2D eigenvalue weighted by atomic mass is 35.5. The van der Waals surface area contributed by atoms with Crippen molar-refractivity contribution in [1.82, 2.24) is 4.90 Å². The molecule has 2 rings (SSSR count). The third kappa shape index (κ3) is 2.24. The fourth-order valence-electron chi connectivity index (χ4n) is 2.14. The van der Waals surface area contributed by atoms with Crippen molar-refractivity contribution in [1.29, 1.82) is 0 Å². The molecular weight excluding hydrogens is 226 g/mol. The number of hydrogen-bond donors (Lipinski definition) is 0. The van der Waals surface area contributed by atoms with E-state index in [0.717, 1.165) is 13.0 Å². The molecule has 2 unspecified atom stereocenters. The number of amides is 1. The van der Waals surface area contributed by atoms with E-state index >= 15 is 0 Å². The first-order valence-electron chi connectivity index (χ1n) is 5.64. The Morgan fingerprint density at radius 3 is 2.81 bits per heavy atom. The van der Waals surface area contributed by atoms with Crippen molar-refractivity contribution in [2.75, 3.05) is 6.54 Å². The lowest BCUT2D eigenvalue weighted by Crippen LogP contribution is -2.44. The highest BCUT2D eigenvalue weighted by molar-refractivity contribution is 6.29. The van der Waals surface area contributed by atoms with E-state index in [1.165, 1.54) is 6.42 Å². The molecule has 1 aliphatic rings. The minimum absolute atomic E-state index is 0.0500. The van der Waals surface area contributed by atoms with Gasteiger partial charge in [-0.25, -0.2) is 0 Å². The van der Waals surface area contributed by atoms with Gasteiger partial charge in [0.25, 0.3) is 5.91 Å². The van der Waals surface area contributed by atoms with E-state index in [9.17, 15) is 4.79 Å². The number of carbonyl (C=O) groups excluding carboxylic acids is 1. The monoisotopic (exact) mass is 241 g/mol. The van der Waals surface area contributed by atoms with Crippen LogP contribution < -0.4 is 0 Å². The van der Waals surface area contributed by atoms with Gasteiger partial charge in [-0.3, -0.25) is 4.79 Å². The Hall–Kier alpha value is -0.960. The van der Waals surface area contributed by atoms with Crippen molar-refractivity contribution in [3.63, 3.8) is 0 Å². The van der Waals surface area contributed by atoms with Crippen molar-refractivity contribution >= 4 is 17.5 Å². The number of likely N-dealkylation sites (tertiary alicyclic amines) is 1. The second-order valence-corrected chi connectivity index (χ2v) is 4.97. The average molecular weight is 242 g/mol. The van der Waals surface area contributed by atoms with Crippen LogP contribution in [0.2, 0.25) is 5.22 Å². The number of halogens is 1. The summed E-state index contributed by atoms with van der Waals surface area (Å²) in [5, 5.41) is 0.265. The number of hydrogen-bond acceptors (Lipinski definition) is 2. The molecule has 1 saturated heterocycles. The number of nitrogens with zero attached hydrogens (tertiary/aromatic N) is 1. The van der Waals surface area contributed by atoms with Gasteiger partial charge in [-0.05, 0) is 49.4 Å². The standard InChI is InChI=1S/C12H16ClNO2/c1-8-3-4-9(2)14(7-8)12(15)10-5-6-11(13)16-10/h5-6,8-9H,3-4,7H2,1-2H3. The summed E-state index contributed by atoms with van der Waals surface area (Å²) in [5.41, 5.74) is 0. The summed E-state index contributed by atoms with van der Waals surface area (Å²) in [6, 6.07) is 3.52. The molecule has 0 bridgehead atoms. The van der Waals surface area contributed by atoms with Crippen molar-refractivity contribution < 1.29 is 9.21 Å². The summed E-state index contributed by atoms with van der Waals surface area (Å²) in [4.78, 5) is 14.0. The molecule has 2 heterocycles. The predicted octanol–water partition coefficient (Wildman–Crippen LogP) is 3.19. The summed E-state index contributed by atoms with van der Waals surface area (Å²) in [6.45, 7) is 5.05. The highest BCUT2D eigenvalue weighted by Gasteiger charge is 2.29. The van der Waals surface area contributed by atoms with Gasteiger partial charge < -0.3 is 9.32 Å². The zero-order chi connectivity index (χ0) is 11.7. The van der Waals surface area contributed by atoms with Crippen molar-refractivity contribution in [3.8, 4) is 0 Å². The van der Waals surface area contributed by atoms with Crippen LogP contribution in [0.15, 0.2) is 16.5 Å². The molecule has 88 valence electrons. The minimum Gasteiger partial charge on any atom is -0.440 e. The topological polar surface area (TPSA) is 33.5 Å². The molecule has 0 radical (unpaired) electrons. The molecule has 0 N–H and O–H groups in total. The van der Waals surface area contributed by atoms with E-state index in [0.29, 0.717) is 11.7 Å². The van der Waals surface area contributed by atoms with Gasteiger partial charge in [0, 0.05) is 12.6 Å². The normalized spacial score (nSPS) is 25.8. The molecule has 1 aliphatic heterocycles. The van der Waals surface area contributed by atoms with E-state index < -0.39 is 0 Å². The lowest BCUT2D eigenvalue weighted by atomic mass is 9.95. The SMILES string of the molecule is CC1CCC(C)N(C(=O)c2ccc(Cl)o2)C1. The van der Waals surface area contributed by atoms with Gasteiger partial charge in [-0.1, -0.05) is 6.92 Å². The molecule has 2 atom stereocenters. The Bertz CT molecular complexity index is 388. The second-order valence-electron chi connectivity index (χ2n) is 4.59. The van der Waals surface area contributed by atoms with Gasteiger partial charge in [-0.15, -0.1) is 0 Å². The molecule has 1 aromatic heterocycles.